The number of aromatic nitrogens is 1. The van der Waals surface area contributed by atoms with Crippen LogP contribution in [0.2, 0.25) is 0 Å². The summed E-state index contributed by atoms with van der Waals surface area (Å²) in [6, 6.07) is 0. The number of likely N-dealkylation sites (N-methyl/N-ethyl adjacent to an activating group) is 2. The number of sulfonamides is 1. The lowest BCUT2D eigenvalue weighted by atomic mass is 10.4. The molecule has 8 nitrogen and oxygen atoms in total. The third kappa shape index (κ3) is 4.51. The molecular formula is C12H22N4O4S. The standard InChI is InChI=1S/C12H22N4O4S/c1-9-12(10(2)20-14-9)21(18,19)16(5)8-11(17)13-6-7-15(3)4/h6-8H2,1-5H3,(H,13,17). The highest BCUT2D eigenvalue weighted by Crippen LogP contribution is 2.21. The Morgan fingerprint density at radius 3 is 2.38 bits per heavy atom. The van der Waals surface area contributed by atoms with E-state index in [4.69, 9.17) is 4.52 Å². The van der Waals surface area contributed by atoms with Gasteiger partial charge in [-0.1, -0.05) is 5.16 Å². The fourth-order valence-electron chi connectivity index (χ4n) is 1.76. The molecule has 1 aromatic heterocycles. The number of carbonyl (C=O) groups excluding carboxylic acids is 1. The van der Waals surface area contributed by atoms with Crippen molar-refractivity contribution in [3.8, 4) is 0 Å². The molecule has 0 fully saturated rings. The Morgan fingerprint density at radius 1 is 1.29 bits per heavy atom. The minimum atomic E-state index is -3.79. The zero-order chi connectivity index (χ0) is 16.2. The molecule has 21 heavy (non-hydrogen) atoms. The summed E-state index contributed by atoms with van der Waals surface area (Å²) >= 11 is 0. The van der Waals surface area contributed by atoms with Crippen LogP contribution < -0.4 is 5.32 Å². The number of aryl methyl sites for hydroxylation is 2. The van der Waals surface area contributed by atoms with E-state index in [1.165, 1.54) is 14.0 Å². The van der Waals surface area contributed by atoms with E-state index in [-0.39, 0.29) is 28.8 Å². The first-order chi connectivity index (χ1) is 9.66. The molecule has 1 aromatic rings. The van der Waals surface area contributed by atoms with Gasteiger partial charge >= 0.3 is 0 Å². The maximum Gasteiger partial charge on any atom is 0.248 e. The molecule has 0 saturated heterocycles. The Balaban J connectivity index is 2.70. The van der Waals surface area contributed by atoms with Gasteiger partial charge in [-0.05, 0) is 27.9 Å². The van der Waals surface area contributed by atoms with Crippen molar-refractivity contribution in [2.75, 3.05) is 40.8 Å². The molecule has 0 saturated carbocycles. The Kier molecular flexibility index (Phi) is 5.87. The summed E-state index contributed by atoms with van der Waals surface area (Å²) in [7, 11) is 1.34. The van der Waals surface area contributed by atoms with E-state index < -0.39 is 10.0 Å². The van der Waals surface area contributed by atoms with Gasteiger partial charge in [0.2, 0.25) is 15.9 Å². The fraction of sp³-hybridized carbons (Fsp3) is 0.667. The molecule has 1 rings (SSSR count). The molecule has 1 N–H and O–H groups in total. The zero-order valence-electron chi connectivity index (χ0n) is 13.0. The van der Waals surface area contributed by atoms with Crippen LogP contribution in [0.4, 0.5) is 0 Å². The minimum absolute atomic E-state index is 0.0195. The van der Waals surface area contributed by atoms with Crippen molar-refractivity contribution in [2.45, 2.75) is 18.7 Å². The summed E-state index contributed by atoms with van der Waals surface area (Å²) in [5.74, 6) is -0.137. The minimum Gasteiger partial charge on any atom is -0.360 e. The summed E-state index contributed by atoms with van der Waals surface area (Å²) in [6.07, 6.45) is 0. The zero-order valence-corrected chi connectivity index (χ0v) is 13.8. The van der Waals surface area contributed by atoms with E-state index in [9.17, 15) is 13.2 Å². The molecule has 120 valence electrons. The van der Waals surface area contributed by atoms with Gasteiger partial charge in [0.25, 0.3) is 0 Å². The van der Waals surface area contributed by atoms with Crippen LogP contribution in [-0.2, 0) is 14.8 Å². The van der Waals surface area contributed by atoms with Gasteiger partial charge in [-0.25, -0.2) is 8.42 Å². The van der Waals surface area contributed by atoms with Crippen LogP contribution in [0.3, 0.4) is 0 Å². The van der Waals surface area contributed by atoms with E-state index >= 15 is 0 Å². The van der Waals surface area contributed by atoms with Gasteiger partial charge in [-0.15, -0.1) is 0 Å². The van der Waals surface area contributed by atoms with Gasteiger partial charge < -0.3 is 14.7 Å². The summed E-state index contributed by atoms with van der Waals surface area (Å²) in [6.45, 7) is 3.98. The number of hydrogen-bond donors (Lipinski definition) is 1. The van der Waals surface area contributed by atoms with Crippen molar-refractivity contribution >= 4 is 15.9 Å². The van der Waals surface area contributed by atoms with Crippen molar-refractivity contribution in [2.24, 2.45) is 0 Å². The van der Waals surface area contributed by atoms with Crippen LogP contribution in [0.5, 0.6) is 0 Å². The average molecular weight is 318 g/mol. The largest absolute Gasteiger partial charge is 0.360 e. The van der Waals surface area contributed by atoms with Crippen LogP contribution >= 0.6 is 0 Å². The molecule has 0 atom stereocenters. The van der Waals surface area contributed by atoms with Gasteiger partial charge in [0, 0.05) is 20.1 Å². The molecular weight excluding hydrogens is 296 g/mol. The monoisotopic (exact) mass is 318 g/mol. The highest BCUT2D eigenvalue weighted by Gasteiger charge is 2.29. The molecule has 0 bridgehead atoms. The van der Waals surface area contributed by atoms with Crippen molar-refractivity contribution in [1.29, 1.82) is 0 Å². The lowest BCUT2D eigenvalue weighted by Crippen LogP contribution is -2.40. The first-order valence-electron chi connectivity index (χ1n) is 6.47. The van der Waals surface area contributed by atoms with Crippen molar-refractivity contribution in [3.63, 3.8) is 0 Å². The highest BCUT2D eigenvalue weighted by molar-refractivity contribution is 7.89. The number of rotatable bonds is 7. The molecule has 0 aliphatic rings. The van der Waals surface area contributed by atoms with Crippen molar-refractivity contribution < 1.29 is 17.7 Å². The van der Waals surface area contributed by atoms with Crippen LogP contribution in [0.15, 0.2) is 9.42 Å². The molecule has 0 aromatic carbocycles. The number of nitrogens with one attached hydrogen (secondary N) is 1. The molecule has 1 amide bonds. The molecule has 0 spiro atoms. The Hall–Kier alpha value is -1.45. The second-order valence-electron chi connectivity index (χ2n) is 5.07. The fourth-order valence-corrected chi connectivity index (χ4v) is 3.17. The van der Waals surface area contributed by atoms with E-state index in [0.717, 1.165) is 4.31 Å². The maximum atomic E-state index is 12.4. The Labute approximate surface area is 125 Å². The smallest absolute Gasteiger partial charge is 0.248 e. The average Bonchev–Trinajstić information content (AvgIpc) is 2.68. The van der Waals surface area contributed by atoms with Crippen LogP contribution in [0.1, 0.15) is 11.5 Å². The Morgan fingerprint density at radius 2 is 1.90 bits per heavy atom. The summed E-state index contributed by atoms with van der Waals surface area (Å²) in [5.41, 5.74) is 0.285. The predicted molar refractivity (Wildman–Crippen MR) is 77.4 cm³/mol. The molecule has 0 aliphatic carbocycles. The van der Waals surface area contributed by atoms with Crippen LogP contribution in [-0.4, -0.2) is 69.5 Å². The molecule has 9 heteroatoms. The summed E-state index contributed by atoms with van der Waals surface area (Å²) in [5, 5.41) is 6.29. The highest BCUT2D eigenvalue weighted by atomic mass is 32.2. The van der Waals surface area contributed by atoms with E-state index in [0.29, 0.717) is 13.1 Å². The first-order valence-corrected chi connectivity index (χ1v) is 7.91. The van der Waals surface area contributed by atoms with Crippen molar-refractivity contribution in [3.05, 3.63) is 11.5 Å². The predicted octanol–water partition coefficient (Wildman–Crippen LogP) is -0.410. The normalized spacial score (nSPS) is 12.1. The molecule has 0 unspecified atom stereocenters. The first kappa shape index (κ1) is 17.6. The topological polar surface area (TPSA) is 95.8 Å². The summed E-state index contributed by atoms with van der Waals surface area (Å²) in [4.78, 5) is 13.7. The third-order valence-electron chi connectivity index (χ3n) is 2.88. The van der Waals surface area contributed by atoms with E-state index in [1.807, 2.05) is 19.0 Å². The second-order valence-corrected chi connectivity index (χ2v) is 7.05. The summed E-state index contributed by atoms with van der Waals surface area (Å²) < 4.78 is 30.6. The molecule has 0 radical (unpaired) electrons. The van der Waals surface area contributed by atoms with Crippen LogP contribution in [0.25, 0.3) is 0 Å². The van der Waals surface area contributed by atoms with Crippen LogP contribution in [0, 0.1) is 13.8 Å². The number of nitrogens with zero attached hydrogens (tertiary/aromatic N) is 3. The SMILES string of the molecule is Cc1noc(C)c1S(=O)(=O)N(C)CC(=O)NCCN(C)C. The number of hydrogen-bond acceptors (Lipinski definition) is 6. The third-order valence-corrected chi connectivity index (χ3v) is 4.93. The van der Waals surface area contributed by atoms with Gasteiger partial charge in [0.1, 0.15) is 10.6 Å². The molecule has 1 heterocycles. The van der Waals surface area contributed by atoms with Gasteiger partial charge in [0.05, 0.1) is 6.54 Å². The quantitative estimate of drug-likeness (QED) is 0.734. The number of amides is 1. The van der Waals surface area contributed by atoms with Gasteiger partial charge in [-0.3, -0.25) is 4.79 Å². The number of carbonyl (C=O) groups is 1. The second kappa shape index (κ2) is 7.01. The van der Waals surface area contributed by atoms with Gasteiger partial charge in [0.15, 0.2) is 5.76 Å². The lowest BCUT2D eigenvalue weighted by molar-refractivity contribution is -0.121. The lowest BCUT2D eigenvalue weighted by Gasteiger charge is -2.17. The van der Waals surface area contributed by atoms with Gasteiger partial charge in [-0.2, -0.15) is 4.31 Å². The molecule has 0 aliphatic heterocycles. The van der Waals surface area contributed by atoms with E-state index in [1.54, 1.807) is 6.92 Å². The maximum absolute atomic E-state index is 12.4. The van der Waals surface area contributed by atoms with Crippen molar-refractivity contribution in [1.82, 2.24) is 19.7 Å². The van der Waals surface area contributed by atoms with E-state index in [2.05, 4.69) is 10.5 Å². The Bertz CT molecular complexity index is 575.